The van der Waals surface area contributed by atoms with Gasteiger partial charge in [-0.3, -0.25) is 14.6 Å². The summed E-state index contributed by atoms with van der Waals surface area (Å²) in [7, 11) is 3.43. The highest BCUT2D eigenvalue weighted by Gasteiger charge is 2.12. The lowest BCUT2D eigenvalue weighted by molar-refractivity contribution is -0.105. The second-order valence-electron chi connectivity index (χ2n) is 4.28. The van der Waals surface area contributed by atoms with Crippen LogP contribution in [0.3, 0.4) is 0 Å². The van der Waals surface area contributed by atoms with Gasteiger partial charge in [-0.25, -0.2) is 0 Å². The third-order valence-corrected chi connectivity index (χ3v) is 2.52. The van der Waals surface area contributed by atoms with E-state index in [-0.39, 0.29) is 11.5 Å². The highest BCUT2D eigenvalue weighted by Crippen LogP contribution is 2.21. The van der Waals surface area contributed by atoms with E-state index in [1.165, 1.54) is 0 Å². The van der Waals surface area contributed by atoms with Crippen LogP contribution in [-0.4, -0.2) is 30.5 Å². The second-order valence-corrected chi connectivity index (χ2v) is 4.28. The van der Waals surface area contributed by atoms with Gasteiger partial charge < -0.3 is 10.2 Å². The van der Waals surface area contributed by atoms with E-state index in [1.54, 1.807) is 43.3 Å². The molecule has 2 aromatic rings. The number of aromatic nitrogens is 2. The molecule has 1 heterocycles. The Kier molecular flexibility index (Phi) is 4.39. The molecule has 0 atom stereocenters. The molecule has 1 aromatic heterocycles. The summed E-state index contributed by atoms with van der Waals surface area (Å²) in [5.41, 5.74) is 0.0416. The van der Waals surface area contributed by atoms with Crippen molar-refractivity contribution in [2.45, 2.75) is 0 Å². The van der Waals surface area contributed by atoms with E-state index < -0.39 is 5.56 Å². The number of benzene rings is 1. The van der Waals surface area contributed by atoms with Gasteiger partial charge in [-0.1, -0.05) is 18.2 Å². The molecular formula is C13H14N6O2. The number of anilines is 2. The molecule has 0 spiro atoms. The Morgan fingerprint density at radius 1 is 1.24 bits per heavy atom. The van der Waals surface area contributed by atoms with Crippen molar-refractivity contribution < 1.29 is 4.79 Å². The molecule has 0 radical (unpaired) electrons. The van der Waals surface area contributed by atoms with Gasteiger partial charge in [0, 0.05) is 14.1 Å². The first-order valence-corrected chi connectivity index (χ1v) is 6.10. The number of amides is 1. The lowest BCUT2D eigenvalue weighted by Gasteiger charge is -2.12. The number of azo groups is 1. The normalized spacial score (nSPS) is 10.6. The quantitative estimate of drug-likeness (QED) is 0.646. The fourth-order valence-electron chi connectivity index (χ4n) is 1.52. The van der Waals surface area contributed by atoms with Gasteiger partial charge in [0.05, 0.1) is 5.69 Å². The van der Waals surface area contributed by atoms with Crippen molar-refractivity contribution in [3.05, 3.63) is 40.7 Å². The molecule has 108 valence electrons. The summed E-state index contributed by atoms with van der Waals surface area (Å²) in [6.45, 7) is 0. The number of hydrogen-bond donors (Lipinski definition) is 2. The Morgan fingerprint density at radius 2 is 1.95 bits per heavy atom. The maximum Gasteiger partial charge on any atom is 0.282 e. The van der Waals surface area contributed by atoms with Crippen molar-refractivity contribution >= 4 is 29.6 Å². The predicted molar refractivity (Wildman–Crippen MR) is 79.5 cm³/mol. The average molecular weight is 286 g/mol. The summed E-state index contributed by atoms with van der Waals surface area (Å²) in [4.78, 5) is 30.9. The lowest BCUT2D eigenvalue weighted by atomic mass is 10.3. The lowest BCUT2D eigenvalue weighted by Crippen LogP contribution is -2.20. The van der Waals surface area contributed by atoms with Crippen LogP contribution in [0.25, 0.3) is 0 Å². The van der Waals surface area contributed by atoms with Crippen LogP contribution in [0.15, 0.2) is 45.4 Å². The van der Waals surface area contributed by atoms with Crippen LogP contribution in [0.1, 0.15) is 0 Å². The summed E-state index contributed by atoms with van der Waals surface area (Å²) in [5.74, 6) is 0.361. The zero-order chi connectivity index (χ0) is 15.2. The van der Waals surface area contributed by atoms with E-state index in [4.69, 9.17) is 0 Å². The summed E-state index contributed by atoms with van der Waals surface area (Å²) in [6, 6.07) is 8.93. The van der Waals surface area contributed by atoms with Crippen molar-refractivity contribution in [3.63, 3.8) is 0 Å². The Bertz CT molecular complexity index is 708. The van der Waals surface area contributed by atoms with E-state index in [9.17, 15) is 9.59 Å². The molecule has 8 nitrogen and oxygen atoms in total. The van der Waals surface area contributed by atoms with Crippen LogP contribution in [0.4, 0.5) is 23.1 Å². The Labute approximate surface area is 120 Å². The van der Waals surface area contributed by atoms with E-state index >= 15 is 0 Å². The van der Waals surface area contributed by atoms with Gasteiger partial charge in [-0.15, -0.1) is 5.11 Å². The first kappa shape index (κ1) is 14.4. The standard InChI is InChI=1S/C13H14N6O2/c1-19(2)13-15-11(14-8-20)10(12(21)16-13)18-17-9-6-4-3-5-7-9/h3-8H,1-2H3,(H2,14,15,16,20,21). The van der Waals surface area contributed by atoms with Crippen LogP contribution >= 0.6 is 0 Å². The first-order chi connectivity index (χ1) is 10.1. The van der Waals surface area contributed by atoms with E-state index in [0.717, 1.165) is 0 Å². The van der Waals surface area contributed by atoms with Gasteiger partial charge in [-0.05, 0) is 12.1 Å². The zero-order valence-corrected chi connectivity index (χ0v) is 11.6. The molecule has 0 bridgehead atoms. The Morgan fingerprint density at radius 3 is 2.57 bits per heavy atom. The van der Waals surface area contributed by atoms with Crippen molar-refractivity contribution in [2.24, 2.45) is 10.2 Å². The molecule has 2 rings (SSSR count). The van der Waals surface area contributed by atoms with Crippen molar-refractivity contribution in [1.29, 1.82) is 0 Å². The van der Waals surface area contributed by atoms with Crippen LogP contribution in [0.2, 0.25) is 0 Å². The number of aromatic amines is 1. The van der Waals surface area contributed by atoms with Crippen molar-refractivity contribution in [1.82, 2.24) is 9.97 Å². The van der Waals surface area contributed by atoms with Crippen molar-refractivity contribution in [3.8, 4) is 0 Å². The van der Waals surface area contributed by atoms with Crippen molar-refractivity contribution in [2.75, 3.05) is 24.3 Å². The molecule has 0 aliphatic rings. The molecule has 1 aromatic carbocycles. The summed E-state index contributed by atoms with van der Waals surface area (Å²) < 4.78 is 0. The van der Waals surface area contributed by atoms with Gasteiger partial charge in [0.2, 0.25) is 12.4 Å². The van der Waals surface area contributed by atoms with Gasteiger partial charge in [-0.2, -0.15) is 10.1 Å². The Hall–Kier alpha value is -3.03. The highest BCUT2D eigenvalue weighted by molar-refractivity contribution is 5.76. The van der Waals surface area contributed by atoms with Crippen LogP contribution < -0.4 is 15.8 Å². The maximum absolute atomic E-state index is 12.0. The average Bonchev–Trinajstić information content (AvgIpc) is 2.47. The predicted octanol–water partition coefficient (Wildman–Crippen LogP) is 1.82. The molecule has 8 heteroatoms. The second kappa shape index (κ2) is 6.42. The third kappa shape index (κ3) is 3.50. The number of rotatable bonds is 5. The minimum atomic E-state index is -0.488. The Balaban J connectivity index is 2.45. The molecule has 0 aliphatic heterocycles. The van der Waals surface area contributed by atoms with E-state index in [2.05, 4.69) is 25.5 Å². The molecule has 0 aliphatic carbocycles. The van der Waals surface area contributed by atoms with Gasteiger partial charge in [0.1, 0.15) is 0 Å². The van der Waals surface area contributed by atoms with Gasteiger partial charge in [0.15, 0.2) is 11.5 Å². The van der Waals surface area contributed by atoms with Crippen LogP contribution in [0.5, 0.6) is 0 Å². The molecule has 1 amide bonds. The number of hydrogen-bond acceptors (Lipinski definition) is 6. The SMILES string of the molecule is CN(C)c1nc(NC=O)c(N=Nc2ccccc2)c(=O)[nH]1. The maximum atomic E-state index is 12.0. The molecule has 2 N–H and O–H groups in total. The highest BCUT2D eigenvalue weighted by atomic mass is 16.1. The number of carbonyl (C=O) groups excluding carboxylic acids is 1. The molecule has 0 fully saturated rings. The first-order valence-electron chi connectivity index (χ1n) is 6.10. The van der Waals surface area contributed by atoms with Gasteiger partial charge in [0.25, 0.3) is 5.56 Å². The van der Waals surface area contributed by atoms with E-state index in [0.29, 0.717) is 18.0 Å². The smallest absolute Gasteiger partial charge is 0.282 e. The summed E-state index contributed by atoms with van der Waals surface area (Å²) in [6.07, 6.45) is 0.433. The van der Waals surface area contributed by atoms with Gasteiger partial charge >= 0.3 is 0 Å². The fraction of sp³-hybridized carbons (Fsp3) is 0.154. The topological polar surface area (TPSA) is 103 Å². The number of H-pyrrole nitrogens is 1. The summed E-state index contributed by atoms with van der Waals surface area (Å²) in [5, 5.41) is 10.2. The monoisotopic (exact) mass is 286 g/mol. The fourth-order valence-corrected chi connectivity index (χ4v) is 1.52. The van der Waals surface area contributed by atoms with Crippen LogP contribution in [0, 0.1) is 0 Å². The minimum Gasteiger partial charge on any atom is -0.348 e. The number of nitrogens with zero attached hydrogens (tertiary/aromatic N) is 4. The third-order valence-electron chi connectivity index (χ3n) is 2.52. The van der Waals surface area contributed by atoms with Crippen LogP contribution in [-0.2, 0) is 4.79 Å². The molecule has 21 heavy (non-hydrogen) atoms. The summed E-state index contributed by atoms with van der Waals surface area (Å²) >= 11 is 0. The molecule has 0 saturated heterocycles. The van der Waals surface area contributed by atoms with E-state index in [1.807, 2.05) is 6.07 Å². The zero-order valence-electron chi connectivity index (χ0n) is 11.6. The minimum absolute atomic E-state index is 0.0529. The number of nitrogens with one attached hydrogen (secondary N) is 2. The number of carbonyl (C=O) groups is 1. The molecular weight excluding hydrogens is 272 g/mol. The molecule has 0 unspecified atom stereocenters. The molecule has 0 saturated carbocycles. The largest absolute Gasteiger partial charge is 0.348 e.